The van der Waals surface area contributed by atoms with Gasteiger partial charge in [0.25, 0.3) is 0 Å². The standard InChI is InChI=1S/C44H84NO10P/c1-3-5-7-9-11-13-15-16-17-18-19-20-21-22-23-24-25-26-27-29-31-33-35-42(47)45-41(44(49)50)39-55-56(51,52)54-38-40(46)37-53-43(48)36-34-32-30-28-14-12-10-8-6-4-2/h8,10,40-41,46H,3-7,9,11-39H2,1-2H3,(H,45,47)(H,49,50)(H,51,52)/b10-8-. The highest BCUT2D eigenvalue weighted by Gasteiger charge is 2.28. The lowest BCUT2D eigenvalue weighted by Gasteiger charge is -2.18. The number of amides is 1. The maximum Gasteiger partial charge on any atom is 0.472 e. The van der Waals surface area contributed by atoms with Gasteiger partial charge in [0.2, 0.25) is 5.91 Å². The Labute approximate surface area is 341 Å². The third-order valence-electron chi connectivity index (χ3n) is 10.0. The summed E-state index contributed by atoms with van der Waals surface area (Å²) in [5.74, 6) is -2.37. The summed E-state index contributed by atoms with van der Waals surface area (Å²) >= 11 is 0. The normalized spacial score (nSPS) is 13.8. The number of aliphatic hydroxyl groups excluding tert-OH is 1. The maximum absolute atomic E-state index is 12.3. The van der Waals surface area contributed by atoms with Crippen molar-refractivity contribution < 1.29 is 47.8 Å². The molecule has 0 spiro atoms. The van der Waals surface area contributed by atoms with Crippen LogP contribution in [0.5, 0.6) is 0 Å². The summed E-state index contributed by atoms with van der Waals surface area (Å²) in [4.78, 5) is 45.8. The minimum atomic E-state index is -4.75. The molecule has 0 aliphatic rings. The summed E-state index contributed by atoms with van der Waals surface area (Å²) in [5, 5.41) is 21.8. The van der Waals surface area contributed by atoms with Crippen molar-refractivity contribution in [3.8, 4) is 0 Å². The first-order valence-corrected chi connectivity index (χ1v) is 24.2. The number of esters is 1. The summed E-state index contributed by atoms with van der Waals surface area (Å²) in [5.41, 5.74) is 0. The molecular formula is C44H84NO10P. The number of hydrogen-bond donors (Lipinski definition) is 4. The number of ether oxygens (including phenoxy) is 1. The van der Waals surface area contributed by atoms with Crippen molar-refractivity contribution in [1.29, 1.82) is 0 Å². The molecule has 3 atom stereocenters. The van der Waals surface area contributed by atoms with E-state index in [4.69, 9.17) is 13.8 Å². The number of aliphatic hydroxyl groups is 1. The maximum atomic E-state index is 12.3. The number of carbonyl (C=O) groups is 3. The third kappa shape index (κ3) is 39.1. The molecule has 0 saturated heterocycles. The van der Waals surface area contributed by atoms with E-state index in [-0.39, 0.29) is 12.8 Å². The van der Waals surface area contributed by atoms with E-state index in [9.17, 15) is 34.1 Å². The van der Waals surface area contributed by atoms with Gasteiger partial charge in [-0.15, -0.1) is 0 Å². The van der Waals surface area contributed by atoms with Crippen molar-refractivity contribution in [2.24, 2.45) is 0 Å². The monoisotopic (exact) mass is 818 g/mol. The van der Waals surface area contributed by atoms with Gasteiger partial charge in [-0.2, -0.15) is 0 Å². The van der Waals surface area contributed by atoms with E-state index in [1.807, 2.05) is 0 Å². The quantitative estimate of drug-likeness (QED) is 0.0201. The number of hydrogen-bond acceptors (Lipinski definition) is 8. The van der Waals surface area contributed by atoms with E-state index in [0.29, 0.717) is 12.8 Å². The van der Waals surface area contributed by atoms with E-state index in [0.717, 1.165) is 64.2 Å². The molecule has 0 aliphatic carbocycles. The number of nitrogens with one attached hydrogen (secondary N) is 1. The smallest absolute Gasteiger partial charge is 0.472 e. The molecule has 0 heterocycles. The lowest BCUT2D eigenvalue weighted by Crippen LogP contribution is -2.43. The number of phosphoric ester groups is 1. The molecule has 0 radical (unpaired) electrons. The van der Waals surface area contributed by atoms with Gasteiger partial charge in [-0.05, 0) is 32.1 Å². The Bertz CT molecular complexity index is 1010. The van der Waals surface area contributed by atoms with E-state index in [2.05, 4.69) is 31.3 Å². The first-order chi connectivity index (χ1) is 27.1. The minimum Gasteiger partial charge on any atom is -0.480 e. The van der Waals surface area contributed by atoms with Gasteiger partial charge in [-0.25, -0.2) is 9.36 Å². The molecule has 56 heavy (non-hydrogen) atoms. The highest BCUT2D eigenvalue weighted by molar-refractivity contribution is 7.47. The minimum absolute atomic E-state index is 0.151. The molecule has 12 heteroatoms. The van der Waals surface area contributed by atoms with Crippen molar-refractivity contribution in [1.82, 2.24) is 5.32 Å². The molecule has 0 fully saturated rings. The van der Waals surface area contributed by atoms with Gasteiger partial charge < -0.3 is 25.2 Å². The Hall–Kier alpha value is -1.78. The van der Waals surface area contributed by atoms with Crippen LogP contribution in [0.25, 0.3) is 0 Å². The SMILES string of the molecule is CCC/C=C\CCCCCCCC(=O)OCC(O)COP(=O)(O)OCC(NC(=O)CCCCCCCCCCCCCCCCCCCCCCCC)C(=O)O. The highest BCUT2D eigenvalue weighted by atomic mass is 31.2. The van der Waals surface area contributed by atoms with Crippen LogP contribution in [-0.4, -0.2) is 64.9 Å². The fourth-order valence-corrected chi connectivity index (χ4v) is 7.27. The second-order valence-electron chi connectivity index (χ2n) is 15.6. The van der Waals surface area contributed by atoms with Crippen molar-refractivity contribution in [3.05, 3.63) is 12.2 Å². The molecule has 0 aromatic heterocycles. The van der Waals surface area contributed by atoms with Crippen LogP contribution >= 0.6 is 7.82 Å². The first kappa shape index (κ1) is 54.2. The summed E-state index contributed by atoms with van der Waals surface area (Å²) in [6.07, 6.45) is 39.7. The van der Waals surface area contributed by atoms with Crippen LogP contribution in [0.2, 0.25) is 0 Å². The van der Waals surface area contributed by atoms with Crippen molar-refractivity contribution in [2.75, 3.05) is 19.8 Å². The predicted molar refractivity (Wildman–Crippen MR) is 226 cm³/mol. The number of carbonyl (C=O) groups excluding carboxylic acids is 2. The summed E-state index contributed by atoms with van der Waals surface area (Å²) in [7, 11) is -4.75. The number of carboxylic acids is 1. The Morgan fingerprint density at radius 2 is 0.964 bits per heavy atom. The molecule has 4 N–H and O–H groups in total. The van der Waals surface area contributed by atoms with Gasteiger partial charge in [-0.3, -0.25) is 18.6 Å². The molecule has 3 unspecified atom stereocenters. The van der Waals surface area contributed by atoms with Crippen LogP contribution in [0.1, 0.15) is 219 Å². The second kappa shape index (κ2) is 40.0. The average molecular weight is 818 g/mol. The van der Waals surface area contributed by atoms with Crippen LogP contribution in [0.3, 0.4) is 0 Å². The lowest BCUT2D eigenvalue weighted by molar-refractivity contribution is -0.147. The Morgan fingerprint density at radius 3 is 1.43 bits per heavy atom. The molecule has 330 valence electrons. The number of unbranched alkanes of at least 4 members (excludes halogenated alkanes) is 27. The largest absolute Gasteiger partial charge is 0.480 e. The molecule has 11 nitrogen and oxygen atoms in total. The number of allylic oxidation sites excluding steroid dienone is 2. The number of carboxylic acid groups (broad SMARTS) is 1. The van der Waals surface area contributed by atoms with Gasteiger partial charge in [0.05, 0.1) is 13.2 Å². The lowest BCUT2D eigenvalue weighted by atomic mass is 10.0. The van der Waals surface area contributed by atoms with Crippen molar-refractivity contribution in [2.45, 2.75) is 231 Å². The Kier molecular flexibility index (Phi) is 38.7. The van der Waals surface area contributed by atoms with Gasteiger partial charge in [0.1, 0.15) is 12.7 Å². The van der Waals surface area contributed by atoms with Crippen LogP contribution in [0.4, 0.5) is 0 Å². The van der Waals surface area contributed by atoms with Gasteiger partial charge in [-0.1, -0.05) is 187 Å². The molecule has 0 saturated carbocycles. The second-order valence-corrected chi connectivity index (χ2v) is 17.0. The molecule has 0 aromatic rings. The van der Waals surface area contributed by atoms with E-state index in [1.54, 1.807) is 0 Å². The van der Waals surface area contributed by atoms with Gasteiger partial charge >= 0.3 is 19.8 Å². The van der Waals surface area contributed by atoms with Crippen LogP contribution in [0, 0.1) is 0 Å². The fraction of sp³-hybridized carbons (Fsp3) is 0.886. The summed E-state index contributed by atoms with van der Waals surface area (Å²) < 4.78 is 26.8. The molecule has 1 amide bonds. The first-order valence-electron chi connectivity index (χ1n) is 22.7. The summed E-state index contributed by atoms with van der Waals surface area (Å²) in [6.45, 7) is 2.54. The zero-order valence-corrected chi connectivity index (χ0v) is 36.6. The number of phosphoric acid groups is 1. The zero-order valence-electron chi connectivity index (χ0n) is 35.7. The van der Waals surface area contributed by atoms with Gasteiger partial charge in [0.15, 0.2) is 6.04 Å². The third-order valence-corrected chi connectivity index (χ3v) is 11.0. The van der Waals surface area contributed by atoms with E-state index >= 15 is 0 Å². The van der Waals surface area contributed by atoms with E-state index < -0.39 is 57.6 Å². The van der Waals surface area contributed by atoms with Crippen LogP contribution in [0.15, 0.2) is 12.2 Å². The average Bonchev–Trinajstić information content (AvgIpc) is 3.17. The fourth-order valence-electron chi connectivity index (χ4n) is 6.50. The topological polar surface area (TPSA) is 169 Å². The van der Waals surface area contributed by atoms with Crippen molar-refractivity contribution >= 4 is 25.7 Å². The number of rotatable bonds is 43. The molecular weight excluding hydrogens is 733 g/mol. The van der Waals surface area contributed by atoms with Crippen molar-refractivity contribution in [3.63, 3.8) is 0 Å². The molecule has 0 rings (SSSR count). The van der Waals surface area contributed by atoms with Gasteiger partial charge in [0, 0.05) is 12.8 Å². The summed E-state index contributed by atoms with van der Waals surface area (Å²) in [6, 6.07) is -1.54. The molecule has 0 bridgehead atoms. The van der Waals surface area contributed by atoms with E-state index in [1.165, 1.54) is 116 Å². The Balaban J connectivity index is 3.81. The van der Waals surface area contributed by atoms with Crippen LogP contribution in [-0.2, 0) is 32.7 Å². The Morgan fingerprint density at radius 1 is 0.554 bits per heavy atom. The number of aliphatic carboxylic acids is 1. The van der Waals surface area contributed by atoms with Crippen LogP contribution < -0.4 is 5.32 Å². The molecule has 0 aromatic carbocycles. The zero-order chi connectivity index (χ0) is 41.4. The molecule has 0 aliphatic heterocycles. The highest BCUT2D eigenvalue weighted by Crippen LogP contribution is 2.43. The predicted octanol–water partition coefficient (Wildman–Crippen LogP) is 11.7.